The minimum Gasteiger partial charge on any atom is -0.508 e. The number of fused-ring (bicyclic) bond motifs is 1. The number of hydrogen-bond acceptors (Lipinski definition) is 3. The first-order valence-corrected chi connectivity index (χ1v) is 4.57. The molecule has 1 atom stereocenters. The number of rotatable bonds is 2. The number of pyridine rings is 1. The average molecular weight is 191 g/mol. The summed E-state index contributed by atoms with van der Waals surface area (Å²) < 4.78 is 1.93. The number of aromatic nitrogens is 2. The molecule has 4 nitrogen and oxygen atoms in total. The van der Waals surface area contributed by atoms with E-state index in [0.717, 1.165) is 17.8 Å². The molecule has 2 rings (SSSR count). The zero-order valence-corrected chi connectivity index (χ0v) is 8.01. The van der Waals surface area contributed by atoms with Crippen molar-refractivity contribution in [3.05, 3.63) is 30.4 Å². The molecule has 0 amide bonds. The molecule has 14 heavy (non-hydrogen) atoms. The normalized spacial score (nSPS) is 13.3. The number of imidazole rings is 1. The number of aromatic hydroxyl groups is 1. The zero-order chi connectivity index (χ0) is 10.1. The Balaban J connectivity index is 2.47. The topological polar surface area (TPSA) is 63.5 Å². The van der Waals surface area contributed by atoms with E-state index in [2.05, 4.69) is 4.98 Å². The third-order valence-corrected chi connectivity index (χ3v) is 2.10. The van der Waals surface area contributed by atoms with Crippen molar-refractivity contribution in [2.75, 3.05) is 0 Å². The maximum absolute atomic E-state index is 9.26. The monoisotopic (exact) mass is 191 g/mol. The highest BCUT2D eigenvalue weighted by Crippen LogP contribution is 2.14. The molecule has 0 saturated heterocycles. The third kappa shape index (κ3) is 1.56. The minimum atomic E-state index is 0.0920. The molecular weight excluding hydrogens is 178 g/mol. The molecule has 3 N–H and O–H groups in total. The van der Waals surface area contributed by atoms with Crippen LogP contribution in [0.4, 0.5) is 0 Å². The van der Waals surface area contributed by atoms with Crippen LogP contribution in [0.25, 0.3) is 5.52 Å². The van der Waals surface area contributed by atoms with Crippen LogP contribution in [0.2, 0.25) is 0 Å². The van der Waals surface area contributed by atoms with Gasteiger partial charge in [-0.2, -0.15) is 0 Å². The van der Waals surface area contributed by atoms with Crippen molar-refractivity contribution >= 4 is 5.52 Å². The van der Waals surface area contributed by atoms with Crippen molar-refractivity contribution < 1.29 is 5.11 Å². The molecule has 0 saturated carbocycles. The summed E-state index contributed by atoms with van der Waals surface area (Å²) in [4.78, 5) is 4.25. The predicted molar refractivity (Wildman–Crippen MR) is 54.2 cm³/mol. The lowest BCUT2D eigenvalue weighted by atomic mass is 10.2. The molecule has 0 spiro atoms. The second-order valence-electron chi connectivity index (χ2n) is 3.54. The summed E-state index contributed by atoms with van der Waals surface area (Å²) >= 11 is 0. The summed E-state index contributed by atoms with van der Waals surface area (Å²) in [5, 5.41) is 9.26. The van der Waals surface area contributed by atoms with E-state index in [1.807, 2.05) is 11.3 Å². The predicted octanol–water partition coefficient (Wildman–Crippen LogP) is 0.930. The second kappa shape index (κ2) is 3.31. The van der Waals surface area contributed by atoms with E-state index < -0.39 is 0 Å². The van der Waals surface area contributed by atoms with Gasteiger partial charge < -0.3 is 15.2 Å². The Bertz CT molecular complexity index is 448. The van der Waals surface area contributed by atoms with Gasteiger partial charge in [0.2, 0.25) is 0 Å². The highest BCUT2D eigenvalue weighted by atomic mass is 16.3. The van der Waals surface area contributed by atoms with E-state index in [9.17, 15) is 5.11 Å². The van der Waals surface area contributed by atoms with Gasteiger partial charge in [0.25, 0.3) is 0 Å². The Morgan fingerprint density at radius 3 is 3.14 bits per heavy atom. The highest BCUT2D eigenvalue weighted by molar-refractivity contribution is 5.50. The molecule has 0 aliphatic heterocycles. The Labute approximate surface area is 82.0 Å². The van der Waals surface area contributed by atoms with E-state index in [0.29, 0.717) is 0 Å². The molecular formula is C10H13N3O. The molecule has 0 bridgehead atoms. The first kappa shape index (κ1) is 9.02. The van der Waals surface area contributed by atoms with Crippen LogP contribution in [0.5, 0.6) is 5.75 Å². The molecule has 0 aromatic carbocycles. The summed E-state index contributed by atoms with van der Waals surface area (Å²) in [6, 6.07) is 3.41. The summed E-state index contributed by atoms with van der Waals surface area (Å²) in [5.41, 5.74) is 6.59. The SMILES string of the molecule is CC(N)Cc1ncc2cc(O)ccn12. The third-order valence-electron chi connectivity index (χ3n) is 2.10. The molecule has 4 heteroatoms. The Morgan fingerprint density at radius 1 is 1.64 bits per heavy atom. The lowest BCUT2D eigenvalue weighted by Crippen LogP contribution is -2.19. The van der Waals surface area contributed by atoms with E-state index in [-0.39, 0.29) is 11.8 Å². The van der Waals surface area contributed by atoms with Crippen molar-refractivity contribution in [3.8, 4) is 5.75 Å². The van der Waals surface area contributed by atoms with Gasteiger partial charge in [-0.1, -0.05) is 0 Å². The molecule has 0 radical (unpaired) electrons. The largest absolute Gasteiger partial charge is 0.508 e. The van der Waals surface area contributed by atoms with Gasteiger partial charge in [0.15, 0.2) is 0 Å². The molecule has 0 aliphatic carbocycles. The van der Waals surface area contributed by atoms with E-state index in [4.69, 9.17) is 5.73 Å². The maximum atomic E-state index is 9.26. The highest BCUT2D eigenvalue weighted by Gasteiger charge is 2.05. The van der Waals surface area contributed by atoms with Crippen molar-refractivity contribution in [1.29, 1.82) is 0 Å². The number of nitrogens with zero attached hydrogens (tertiary/aromatic N) is 2. The minimum absolute atomic E-state index is 0.0920. The fourth-order valence-electron chi connectivity index (χ4n) is 1.48. The maximum Gasteiger partial charge on any atom is 0.119 e. The lowest BCUT2D eigenvalue weighted by molar-refractivity contribution is 0.475. The summed E-state index contributed by atoms with van der Waals surface area (Å²) in [6.45, 7) is 1.95. The van der Waals surface area contributed by atoms with Crippen LogP contribution in [0.3, 0.4) is 0 Å². The van der Waals surface area contributed by atoms with Crippen molar-refractivity contribution in [2.24, 2.45) is 5.73 Å². The van der Waals surface area contributed by atoms with Crippen LogP contribution >= 0.6 is 0 Å². The van der Waals surface area contributed by atoms with Gasteiger partial charge >= 0.3 is 0 Å². The van der Waals surface area contributed by atoms with Crippen LogP contribution in [0.15, 0.2) is 24.5 Å². The van der Waals surface area contributed by atoms with Crippen LogP contribution in [0, 0.1) is 0 Å². The summed E-state index contributed by atoms with van der Waals surface area (Å²) in [5.74, 6) is 1.18. The molecule has 2 heterocycles. The quantitative estimate of drug-likeness (QED) is 0.742. The van der Waals surface area contributed by atoms with Gasteiger partial charge in [0, 0.05) is 24.7 Å². The Hall–Kier alpha value is -1.55. The number of nitrogens with two attached hydrogens (primary N) is 1. The molecule has 2 aromatic rings. The summed E-state index contributed by atoms with van der Waals surface area (Å²) in [6.07, 6.45) is 4.27. The van der Waals surface area contributed by atoms with Crippen LogP contribution in [-0.4, -0.2) is 20.5 Å². The fourth-order valence-corrected chi connectivity index (χ4v) is 1.48. The van der Waals surface area contributed by atoms with Crippen LogP contribution in [-0.2, 0) is 6.42 Å². The second-order valence-corrected chi connectivity index (χ2v) is 3.54. The Kier molecular flexibility index (Phi) is 2.13. The standard InChI is InChI=1S/C10H13N3O/c1-7(11)4-10-12-6-8-5-9(14)2-3-13(8)10/h2-3,5-7,14H,4,11H2,1H3. The molecule has 0 aliphatic rings. The number of hydrogen-bond donors (Lipinski definition) is 2. The fraction of sp³-hybridized carbons (Fsp3) is 0.300. The summed E-state index contributed by atoms with van der Waals surface area (Å²) in [7, 11) is 0. The first-order chi connectivity index (χ1) is 6.66. The van der Waals surface area contributed by atoms with Crippen molar-refractivity contribution in [1.82, 2.24) is 9.38 Å². The molecule has 0 fully saturated rings. The Morgan fingerprint density at radius 2 is 2.43 bits per heavy atom. The zero-order valence-electron chi connectivity index (χ0n) is 8.01. The van der Waals surface area contributed by atoms with Gasteiger partial charge in [-0.05, 0) is 13.0 Å². The average Bonchev–Trinajstić information content (AvgIpc) is 2.47. The van der Waals surface area contributed by atoms with E-state index in [1.54, 1.807) is 24.5 Å². The van der Waals surface area contributed by atoms with Gasteiger partial charge in [0.05, 0.1) is 11.7 Å². The molecule has 1 unspecified atom stereocenters. The van der Waals surface area contributed by atoms with Crippen LogP contribution in [0.1, 0.15) is 12.7 Å². The van der Waals surface area contributed by atoms with E-state index >= 15 is 0 Å². The van der Waals surface area contributed by atoms with Gasteiger partial charge in [-0.15, -0.1) is 0 Å². The van der Waals surface area contributed by atoms with Gasteiger partial charge in [-0.25, -0.2) is 4.98 Å². The van der Waals surface area contributed by atoms with Gasteiger partial charge in [-0.3, -0.25) is 0 Å². The molecule has 74 valence electrons. The van der Waals surface area contributed by atoms with Gasteiger partial charge in [0.1, 0.15) is 11.6 Å². The first-order valence-electron chi connectivity index (χ1n) is 4.57. The smallest absolute Gasteiger partial charge is 0.119 e. The van der Waals surface area contributed by atoms with E-state index in [1.165, 1.54) is 0 Å². The lowest BCUT2D eigenvalue weighted by Gasteiger charge is -2.04. The van der Waals surface area contributed by atoms with Crippen LogP contribution < -0.4 is 5.73 Å². The van der Waals surface area contributed by atoms with Crippen molar-refractivity contribution in [3.63, 3.8) is 0 Å². The van der Waals surface area contributed by atoms with Crippen molar-refractivity contribution in [2.45, 2.75) is 19.4 Å². The molecule has 2 aromatic heterocycles.